The molecule has 0 radical (unpaired) electrons. The first kappa shape index (κ1) is 18.7. The smallest absolute Gasteiger partial charge is 0.221 e. The van der Waals surface area contributed by atoms with Gasteiger partial charge in [0.05, 0.1) is 11.4 Å². The summed E-state index contributed by atoms with van der Waals surface area (Å²) < 4.78 is 5.81. The SMILES string of the molecule is Cc1cc(Cl)ccc1Oc1ccc(N(C=O)c2c(C)cccc2C)c(N)n1. The molecule has 3 aromatic rings. The molecule has 0 aliphatic heterocycles. The van der Waals surface area contributed by atoms with Crippen LogP contribution in [0, 0.1) is 20.8 Å². The standard InChI is InChI=1S/C21H20ClN3O2/c1-13-5-4-6-14(2)20(13)25(12-26)17-8-10-19(24-21(17)23)27-18-9-7-16(22)11-15(18)3/h4-12H,1-3H3,(H2,23,24). The maximum atomic E-state index is 11.8. The lowest BCUT2D eigenvalue weighted by atomic mass is 10.1. The Morgan fingerprint density at radius 2 is 1.74 bits per heavy atom. The molecule has 2 aromatic carbocycles. The average molecular weight is 382 g/mol. The number of ether oxygens (including phenoxy) is 1. The van der Waals surface area contributed by atoms with Crippen molar-refractivity contribution in [2.45, 2.75) is 20.8 Å². The minimum atomic E-state index is 0.203. The number of carbonyl (C=O) groups excluding carboxylic acids is 1. The minimum Gasteiger partial charge on any atom is -0.439 e. The van der Waals surface area contributed by atoms with Gasteiger partial charge in [-0.05, 0) is 61.7 Å². The van der Waals surface area contributed by atoms with E-state index >= 15 is 0 Å². The number of para-hydroxylation sites is 1. The molecule has 0 fully saturated rings. The van der Waals surface area contributed by atoms with Crippen LogP contribution in [0.1, 0.15) is 16.7 Å². The number of amides is 1. The highest BCUT2D eigenvalue weighted by Gasteiger charge is 2.17. The summed E-state index contributed by atoms with van der Waals surface area (Å²) in [5, 5.41) is 0.637. The molecule has 0 bridgehead atoms. The Hall–Kier alpha value is -3.05. The molecule has 138 valence electrons. The minimum absolute atomic E-state index is 0.203. The molecule has 1 amide bonds. The Balaban J connectivity index is 1.95. The number of nitrogens with two attached hydrogens (primary N) is 1. The zero-order chi connectivity index (χ0) is 19.6. The number of carbonyl (C=O) groups is 1. The third-order valence-corrected chi connectivity index (χ3v) is 4.51. The number of aromatic nitrogens is 1. The number of benzene rings is 2. The van der Waals surface area contributed by atoms with Crippen LogP contribution in [0.3, 0.4) is 0 Å². The number of hydrogen-bond acceptors (Lipinski definition) is 4. The molecule has 0 unspecified atom stereocenters. The summed E-state index contributed by atoms with van der Waals surface area (Å²) >= 11 is 5.97. The first-order valence-electron chi connectivity index (χ1n) is 8.42. The molecular formula is C21H20ClN3O2. The van der Waals surface area contributed by atoms with Crippen molar-refractivity contribution < 1.29 is 9.53 Å². The van der Waals surface area contributed by atoms with Crippen LogP contribution in [0.4, 0.5) is 17.2 Å². The van der Waals surface area contributed by atoms with Crippen LogP contribution in [0.25, 0.3) is 0 Å². The van der Waals surface area contributed by atoms with Crippen molar-refractivity contribution in [2.75, 3.05) is 10.6 Å². The second kappa shape index (κ2) is 7.68. The summed E-state index contributed by atoms with van der Waals surface area (Å²) in [6.45, 7) is 5.79. The second-order valence-corrected chi connectivity index (χ2v) is 6.72. The Kier molecular flexibility index (Phi) is 5.33. The fraction of sp³-hybridized carbons (Fsp3) is 0.143. The van der Waals surface area contributed by atoms with Gasteiger partial charge in [0.1, 0.15) is 5.75 Å². The molecule has 0 saturated heterocycles. The number of pyridine rings is 1. The molecule has 1 aromatic heterocycles. The van der Waals surface area contributed by atoms with E-state index in [0.29, 0.717) is 22.3 Å². The summed E-state index contributed by atoms with van der Waals surface area (Å²) in [6.07, 6.45) is 0.743. The van der Waals surface area contributed by atoms with Crippen LogP contribution in [-0.4, -0.2) is 11.4 Å². The van der Waals surface area contributed by atoms with Gasteiger partial charge in [-0.15, -0.1) is 0 Å². The molecular weight excluding hydrogens is 362 g/mol. The van der Waals surface area contributed by atoms with Crippen molar-refractivity contribution in [1.29, 1.82) is 0 Å². The normalized spacial score (nSPS) is 10.5. The zero-order valence-corrected chi connectivity index (χ0v) is 16.1. The molecule has 1 heterocycles. The molecule has 3 rings (SSSR count). The number of rotatable bonds is 5. The van der Waals surface area contributed by atoms with Gasteiger partial charge in [-0.25, -0.2) is 0 Å². The lowest BCUT2D eigenvalue weighted by molar-refractivity contribution is -0.106. The first-order chi connectivity index (χ1) is 12.9. The topological polar surface area (TPSA) is 68.5 Å². The fourth-order valence-corrected chi connectivity index (χ4v) is 3.19. The van der Waals surface area contributed by atoms with E-state index in [9.17, 15) is 4.79 Å². The van der Waals surface area contributed by atoms with Crippen molar-refractivity contribution in [2.24, 2.45) is 0 Å². The van der Waals surface area contributed by atoms with Gasteiger partial charge in [-0.2, -0.15) is 4.98 Å². The zero-order valence-electron chi connectivity index (χ0n) is 15.4. The third-order valence-electron chi connectivity index (χ3n) is 4.27. The van der Waals surface area contributed by atoms with Crippen LogP contribution in [0.2, 0.25) is 5.02 Å². The van der Waals surface area contributed by atoms with Gasteiger partial charge in [0.25, 0.3) is 0 Å². The highest BCUT2D eigenvalue weighted by Crippen LogP contribution is 2.35. The molecule has 0 saturated carbocycles. The Morgan fingerprint density at radius 3 is 2.33 bits per heavy atom. The predicted octanol–water partition coefficient (Wildman–Crippen LogP) is 5.33. The van der Waals surface area contributed by atoms with Crippen molar-refractivity contribution in [3.63, 3.8) is 0 Å². The summed E-state index contributed by atoms with van der Waals surface area (Å²) in [7, 11) is 0. The van der Waals surface area contributed by atoms with Gasteiger partial charge in [0.15, 0.2) is 5.82 Å². The monoisotopic (exact) mass is 381 g/mol. The van der Waals surface area contributed by atoms with E-state index in [1.54, 1.807) is 24.3 Å². The second-order valence-electron chi connectivity index (χ2n) is 6.28. The molecule has 27 heavy (non-hydrogen) atoms. The molecule has 0 aliphatic carbocycles. The first-order valence-corrected chi connectivity index (χ1v) is 8.79. The molecule has 0 spiro atoms. The Morgan fingerprint density at radius 1 is 1.04 bits per heavy atom. The van der Waals surface area contributed by atoms with Crippen molar-refractivity contribution in [3.8, 4) is 11.6 Å². The Labute approximate surface area is 163 Å². The van der Waals surface area contributed by atoms with Crippen LogP contribution >= 0.6 is 11.6 Å². The van der Waals surface area contributed by atoms with E-state index in [4.69, 9.17) is 22.1 Å². The van der Waals surface area contributed by atoms with E-state index in [1.165, 1.54) is 4.90 Å². The lowest BCUT2D eigenvalue weighted by Crippen LogP contribution is -2.18. The number of hydrogen-bond donors (Lipinski definition) is 1. The summed E-state index contributed by atoms with van der Waals surface area (Å²) in [6, 6.07) is 14.6. The van der Waals surface area contributed by atoms with Crippen molar-refractivity contribution >= 4 is 35.2 Å². The maximum absolute atomic E-state index is 11.8. The number of anilines is 3. The van der Waals surface area contributed by atoms with Crippen LogP contribution in [0.5, 0.6) is 11.6 Å². The number of nitrogens with zero attached hydrogens (tertiary/aromatic N) is 2. The molecule has 0 aliphatic rings. The van der Waals surface area contributed by atoms with Gasteiger partial charge in [-0.3, -0.25) is 9.69 Å². The van der Waals surface area contributed by atoms with Crippen LogP contribution < -0.4 is 15.4 Å². The largest absolute Gasteiger partial charge is 0.439 e. The summed E-state index contributed by atoms with van der Waals surface area (Å²) in [5.41, 5.74) is 10.3. The molecule has 2 N–H and O–H groups in total. The van der Waals surface area contributed by atoms with Crippen molar-refractivity contribution in [1.82, 2.24) is 4.98 Å². The summed E-state index contributed by atoms with van der Waals surface area (Å²) in [5.74, 6) is 1.18. The Bertz CT molecular complexity index is 984. The molecule has 6 heteroatoms. The summed E-state index contributed by atoms with van der Waals surface area (Å²) in [4.78, 5) is 17.6. The van der Waals surface area contributed by atoms with Gasteiger partial charge < -0.3 is 10.5 Å². The van der Waals surface area contributed by atoms with E-state index in [0.717, 1.165) is 28.8 Å². The predicted molar refractivity (Wildman–Crippen MR) is 109 cm³/mol. The van der Waals surface area contributed by atoms with Crippen molar-refractivity contribution in [3.05, 3.63) is 70.2 Å². The van der Waals surface area contributed by atoms with Gasteiger partial charge in [0, 0.05) is 11.1 Å². The third kappa shape index (κ3) is 3.88. The van der Waals surface area contributed by atoms with Crippen LogP contribution in [-0.2, 0) is 4.79 Å². The van der Waals surface area contributed by atoms with Gasteiger partial charge in [-0.1, -0.05) is 29.8 Å². The maximum Gasteiger partial charge on any atom is 0.221 e. The van der Waals surface area contributed by atoms with E-state index in [2.05, 4.69) is 4.98 Å². The highest BCUT2D eigenvalue weighted by atomic mass is 35.5. The van der Waals surface area contributed by atoms with E-state index < -0.39 is 0 Å². The fourth-order valence-electron chi connectivity index (χ4n) is 2.96. The molecule has 5 nitrogen and oxygen atoms in total. The molecule has 0 atom stereocenters. The number of halogens is 1. The number of aryl methyl sites for hydroxylation is 3. The van der Waals surface area contributed by atoms with E-state index in [1.807, 2.05) is 45.0 Å². The number of nitrogen functional groups attached to an aromatic ring is 1. The highest BCUT2D eigenvalue weighted by molar-refractivity contribution is 6.30. The van der Waals surface area contributed by atoms with Gasteiger partial charge >= 0.3 is 0 Å². The average Bonchev–Trinajstić information content (AvgIpc) is 2.62. The quantitative estimate of drug-likeness (QED) is 0.606. The van der Waals surface area contributed by atoms with Crippen LogP contribution in [0.15, 0.2) is 48.5 Å². The van der Waals surface area contributed by atoms with E-state index in [-0.39, 0.29) is 5.82 Å². The lowest BCUT2D eigenvalue weighted by Gasteiger charge is -2.23. The van der Waals surface area contributed by atoms with Gasteiger partial charge in [0.2, 0.25) is 12.3 Å².